The van der Waals surface area contributed by atoms with Gasteiger partial charge >= 0.3 is 0 Å². The van der Waals surface area contributed by atoms with Crippen LogP contribution in [0.1, 0.15) is 30.8 Å². The number of carbonyl (C=O) groups excluding carboxylic acids is 1. The van der Waals surface area contributed by atoms with E-state index in [0.29, 0.717) is 17.8 Å². The molecule has 0 bridgehead atoms. The summed E-state index contributed by atoms with van der Waals surface area (Å²) in [6.45, 7) is 4.08. The molecule has 0 saturated carbocycles. The van der Waals surface area contributed by atoms with E-state index in [1.807, 2.05) is 18.7 Å². The Morgan fingerprint density at radius 2 is 2.31 bits per heavy atom. The molecule has 1 fully saturated rings. The first kappa shape index (κ1) is 8.29. The predicted octanol–water partition coefficient (Wildman–Crippen LogP) is 1.30. The van der Waals surface area contributed by atoms with Crippen molar-refractivity contribution in [3.05, 3.63) is 18.4 Å². The number of oxazole rings is 1. The van der Waals surface area contributed by atoms with E-state index < -0.39 is 0 Å². The van der Waals surface area contributed by atoms with Gasteiger partial charge in [-0.3, -0.25) is 4.79 Å². The number of likely N-dealkylation sites (tertiary alicyclic amines) is 1. The molecule has 2 atom stereocenters. The number of carbonyl (C=O) groups is 1. The zero-order valence-corrected chi connectivity index (χ0v) is 7.73. The lowest BCUT2D eigenvalue weighted by Crippen LogP contribution is -2.55. The van der Waals surface area contributed by atoms with E-state index in [9.17, 15) is 4.79 Å². The highest BCUT2D eigenvalue weighted by Gasteiger charge is 2.36. The molecule has 2 rings (SSSR count). The Hall–Kier alpha value is -1.32. The molecule has 0 N–H and O–H groups in total. The lowest BCUT2D eigenvalue weighted by atomic mass is 9.95. The number of rotatable bonds is 1. The zero-order valence-electron chi connectivity index (χ0n) is 7.73. The van der Waals surface area contributed by atoms with Gasteiger partial charge in [-0.1, -0.05) is 0 Å². The molecule has 1 aliphatic heterocycles. The van der Waals surface area contributed by atoms with Gasteiger partial charge in [-0.25, -0.2) is 4.98 Å². The minimum absolute atomic E-state index is 0.0278. The van der Waals surface area contributed by atoms with Crippen LogP contribution in [0.15, 0.2) is 17.1 Å². The number of amides is 1. The van der Waals surface area contributed by atoms with Crippen molar-refractivity contribution in [1.82, 2.24) is 9.88 Å². The predicted molar refractivity (Wildman–Crippen MR) is 46.2 cm³/mol. The van der Waals surface area contributed by atoms with Crippen LogP contribution in [0.5, 0.6) is 0 Å². The largest absolute Gasteiger partial charge is 0.451 e. The second-order valence-corrected chi connectivity index (χ2v) is 3.52. The summed E-state index contributed by atoms with van der Waals surface area (Å²) in [5.41, 5.74) is 0.401. The van der Waals surface area contributed by atoms with Crippen molar-refractivity contribution in [1.29, 1.82) is 0 Å². The van der Waals surface area contributed by atoms with Gasteiger partial charge in [0, 0.05) is 12.1 Å². The Balaban J connectivity index is 2.14. The second kappa shape index (κ2) is 2.87. The van der Waals surface area contributed by atoms with E-state index in [0.717, 1.165) is 6.42 Å². The fourth-order valence-corrected chi connectivity index (χ4v) is 1.87. The van der Waals surface area contributed by atoms with Crippen LogP contribution in [0.3, 0.4) is 0 Å². The summed E-state index contributed by atoms with van der Waals surface area (Å²) in [7, 11) is 0. The van der Waals surface area contributed by atoms with Crippen molar-refractivity contribution in [2.24, 2.45) is 0 Å². The van der Waals surface area contributed by atoms with E-state index in [2.05, 4.69) is 4.98 Å². The Kier molecular flexibility index (Phi) is 1.83. The second-order valence-electron chi connectivity index (χ2n) is 3.52. The van der Waals surface area contributed by atoms with Crippen LogP contribution in [-0.4, -0.2) is 27.9 Å². The molecule has 4 nitrogen and oxygen atoms in total. The summed E-state index contributed by atoms with van der Waals surface area (Å²) in [6.07, 6.45) is 3.74. The molecule has 1 saturated heterocycles. The third kappa shape index (κ3) is 1.22. The summed E-state index contributed by atoms with van der Waals surface area (Å²) >= 11 is 0. The third-order valence-corrected chi connectivity index (χ3v) is 2.52. The van der Waals surface area contributed by atoms with Crippen LogP contribution in [0.2, 0.25) is 0 Å². The van der Waals surface area contributed by atoms with Crippen LogP contribution >= 0.6 is 0 Å². The van der Waals surface area contributed by atoms with Gasteiger partial charge in [-0.15, -0.1) is 0 Å². The van der Waals surface area contributed by atoms with Crippen molar-refractivity contribution >= 4 is 5.91 Å². The number of aromatic nitrogens is 1. The summed E-state index contributed by atoms with van der Waals surface area (Å²) < 4.78 is 4.77. The minimum Gasteiger partial charge on any atom is -0.451 e. The number of hydrogen-bond acceptors (Lipinski definition) is 3. The molecule has 1 aromatic heterocycles. The Morgan fingerprint density at radius 3 is 2.77 bits per heavy atom. The minimum atomic E-state index is -0.0278. The topological polar surface area (TPSA) is 46.3 Å². The molecule has 4 heteroatoms. The molecule has 0 spiro atoms. The van der Waals surface area contributed by atoms with Crippen LogP contribution in [0, 0.1) is 0 Å². The molecule has 13 heavy (non-hydrogen) atoms. The standard InChI is InChI=1S/C9H12N2O2/c1-6-3-7(2)11(6)9(12)8-4-13-5-10-8/h4-7H,3H2,1-2H3. The van der Waals surface area contributed by atoms with Crippen molar-refractivity contribution in [3.63, 3.8) is 0 Å². The first-order chi connectivity index (χ1) is 6.20. The van der Waals surface area contributed by atoms with E-state index in [4.69, 9.17) is 4.42 Å². The average molecular weight is 180 g/mol. The van der Waals surface area contributed by atoms with Crippen LogP contribution in [0.25, 0.3) is 0 Å². The fourth-order valence-electron chi connectivity index (χ4n) is 1.87. The van der Waals surface area contributed by atoms with Crippen molar-refractivity contribution in [2.75, 3.05) is 0 Å². The van der Waals surface area contributed by atoms with Crippen molar-refractivity contribution < 1.29 is 9.21 Å². The SMILES string of the molecule is CC1CC(C)N1C(=O)c1cocn1. The maximum absolute atomic E-state index is 11.7. The fraction of sp³-hybridized carbons (Fsp3) is 0.556. The highest BCUT2D eigenvalue weighted by Crippen LogP contribution is 2.26. The summed E-state index contributed by atoms with van der Waals surface area (Å²) in [5, 5.41) is 0. The lowest BCUT2D eigenvalue weighted by molar-refractivity contribution is 0.0260. The van der Waals surface area contributed by atoms with Crippen LogP contribution in [0.4, 0.5) is 0 Å². The van der Waals surface area contributed by atoms with Gasteiger partial charge in [-0.05, 0) is 20.3 Å². The highest BCUT2D eigenvalue weighted by atomic mass is 16.3. The Bertz CT molecular complexity index is 299. The summed E-state index contributed by atoms with van der Waals surface area (Å²) in [5.74, 6) is -0.0278. The Labute approximate surface area is 76.6 Å². The van der Waals surface area contributed by atoms with Crippen LogP contribution in [-0.2, 0) is 0 Å². The molecule has 0 aromatic carbocycles. The van der Waals surface area contributed by atoms with Gasteiger partial charge in [-0.2, -0.15) is 0 Å². The molecule has 0 radical (unpaired) electrons. The molecule has 1 aliphatic rings. The monoisotopic (exact) mass is 180 g/mol. The van der Waals surface area contributed by atoms with E-state index in [-0.39, 0.29) is 5.91 Å². The molecule has 1 amide bonds. The highest BCUT2D eigenvalue weighted by molar-refractivity contribution is 5.92. The third-order valence-electron chi connectivity index (χ3n) is 2.52. The van der Waals surface area contributed by atoms with Gasteiger partial charge in [0.15, 0.2) is 12.1 Å². The average Bonchev–Trinajstić information content (AvgIpc) is 2.55. The quantitative estimate of drug-likeness (QED) is 0.654. The first-order valence-electron chi connectivity index (χ1n) is 4.41. The summed E-state index contributed by atoms with van der Waals surface area (Å²) in [4.78, 5) is 17.4. The lowest BCUT2D eigenvalue weighted by Gasteiger charge is -2.44. The molecule has 1 aromatic rings. The van der Waals surface area contributed by atoms with Crippen molar-refractivity contribution in [2.45, 2.75) is 32.4 Å². The van der Waals surface area contributed by atoms with E-state index in [1.165, 1.54) is 12.7 Å². The molecule has 70 valence electrons. The zero-order chi connectivity index (χ0) is 9.42. The first-order valence-corrected chi connectivity index (χ1v) is 4.41. The number of hydrogen-bond donors (Lipinski definition) is 0. The van der Waals surface area contributed by atoms with Gasteiger partial charge in [0.25, 0.3) is 5.91 Å². The molecular formula is C9H12N2O2. The van der Waals surface area contributed by atoms with Gasteiger partial charge in [0.2, 0.25) is 0 Å². The smallest absolute Gasteiger partial charge is 0.276 e. The Morgan fingerprint density at radius 1 is 1.62 bits per heavy atom. The van der Waals surface area contributed by atoms with Gasteiger partial charge in [0.05, 0.1) is 0 Å². The summed E-state index contributed by atoms with van der Waals surface area (Å²) in [6, 6.07) is 0.665. The van der Waals surface area contributed by atoms with Gasteiger partial charge < -0.3 is 9.32 Å². The maximum Gasteiger partial charge on any atom is 0.276 e. The molecule has 0 aliphatic carbocycles. The molecular weight excluding hydrogens is 168 g/mol. The normalized spacial score (nSPS) is 27.1. The van der Waals surface area contributed by atoms with E-state index in [1.54, 1.807) is 0 Å². The molecule has 2 heterocycles. The van der Waals surface area contributed by atoms with Gasteiger partial charge in [0.1, 0.15) is 6.26 Å². The van der Waals surface area contributed by atoms with Crippen molar-refractivity contribution in [3.8, 4) is 0 Å². The molecule has 2 unspecified atom stereocenters. The number of nitrogens with zero attached hydrogens (tertiary/aromatic N) is 2. The van der Waals surface area contributed by atoms with E-state index >= 15 is 0 Å². The maximum atomic E-state index is 11.7. The van der Waals surface area contributed by atoms with Crippen LogP contribution < -0.4 is 0 Å².